The van der Waals surface area contributed by atoms with Gasteiger partial charge in [-0.1, -0.05) is 47.6 Å². The van der Waals surface area contributed by atoms with E-state index in [2.05, 4.69) is 64.3 Å². The van der Waals surface area contributed by atoms with Crippen LogP contribution in [0.1, 0.15) is 34.3 Å². The summed E-state index contributed by atoms with van der Waals surface area (Å²) >= 11 is 0. The Kier molecular flexibility index (Phi) is 5.61. The summed E-state index contributed by atoms with van der Waals surface area (Å²) in [5.41, 5.74) is 7.16. The number of benzene rings is 3. The van der Waals surface area contributed by atoms with Gasteiger partial charge in [0, 0.05) is 47.1 Å². The molecule has 6 nitrogen and oxygen atoms in total. The highest BCUT2D eigenvalue weighted by Gasteiger charge is 2.24. The van der Waals surface area contributed by atoms with Crippen LogP contribution >= 0.6 is 0 Å². The second kappa shape index (κ2) is 8.95. The van der Waals surface area contributed by atoms with Gasteiger partial charge in [0.2, 0.25) is 0 Å². The van der Waals surface area contributed by atoms with Crippen molar-refractivity contribution in [1.29, 1.82) is 0 Å². The van der Waals surface area contributed by atoms with E-state index in [0.29, 0.717) is 25.3 Å². The number of hydrogen-bond donors (Lipinski definition) is 0. The Morgan fingerprint density at radius 2 is 1.83 bits per heavy atom. The second-order valence-electron chi connectivity index (χ2n) is 9.67. The fourth-order valence-electron chi connectivity index (χ4n) is 5.41. The first-order chi connectivity index (χ1) is 17.5. The van der Waals surface area contributed by atoms with Crippen molar-refractivity contribution >= 4 is 27.7 Å². The van der Waals surface area contributed by atoms with Crippen molar-refractivity contribution in [3.8, 4) is 11.1 Å². The zero-order chi connectivity index (χ0) is 24.8. The van der Waals surface area contributed by atoms with Crippen LogP contribution in [-0.2, 0) is 11.3 Å². The Bertz CT molecular complexity index is 1560. The maximum atomic E-state index is 13.4. The zero-order valence-corrected chi connectivity index (χ0v) is 20.8. The summed E-state index contributed by atoms with van der Waals surface area (Å²) in [6, 6.07) is 23.1. The first-order valence-corrected chi connectivity index (χ1v) is 12.4. The highest BCUT2D eigenvalue weighted by Crippen LogP contribution is 2.35. The first kappa shape index (κ1) is 22.6. The molecule has 0 bridgehead atoms. The van der Waals surface area contributed by atoms with Gasteiger partial charge in [0.05, 0.1) is 23.9 Å². The third-order valence-electron chi connectivity index (χ3n) is 7.15. The maximum absolute atomic E-state index is 13.4. The monoisotopic (exact) mass is 479 g/mol. The van der Waals surface area contributed by atoms with Crippen LogP contribution in [0.5, 0.6) is 0 Å². The van der Waals surface area contributed by atoms with Gasteiger partial charge in [-0.3, -0.25) is 4.79 Å². The molecule has 182 valence electrons. The maximum Gasteiger partial charge on any atom is 0.254 e. The molecule has 1 fully saturated rings. The molecule has 36 heavy (non-hydrogen) atoms. The van der Waals surface area contributed by atoms with Crippen molar-refractivity contribution < 1.29 is 14.1 Å². The van der Waals surface area contributed by atoms with Crippen molar-refractivity contribution in [1.82, 2.24) is 14.6 Å². The fourth-order valence-corrected chi connectivity index (χ4v) is 5.41. The van der Waals surface area contributed by atoms with Gasteiger partial charge in [-0.15, -0.1) is 0 Å². The predicted molar refractivity (Wildman–Crippen MR) is 141 cm³/mol. The Balaban J connectivity index is 1.51. The standard InChI is InChI=1S/C30H29N3O3/c1-19-17-32(13-14-35-19)30(34)24-10-12-27-26(15-24)25-11-9-23(29-20(2)31-36-21(29)3)16-28(25)33(27)18-22-7-5-4-6-8-22/h4-12,15-16,19H,13-14,17-18H2,1-3H3/t19-/m0/s1. The van der Waals surface area contributed by atoms with Gasteiger partial charge in [-0.25, -0.2) is 0 Å². The number of carbonyl (C=O) groups is 1. The number of hydrogen-bond acceptors (Lipinski definition) is 4. The SMILES string of the molecule is Cc1noc(C)c1-c1ccc2c3cc(C(=O)N4CCO[C@@H](C)C4)ccc3n(Cc3ccccc3)c2c1. The van der Waals surface area contributed by atoms with E-state index in [4.69, 9.17) is 9.26 Å². The van der Waals surface area contributed by atoms with E-state index < -0.39 is 0 Å². The molecule has 6 heteroatoms. The lowest BCUT2D eigenvalue weighted by Crippen LogP contribution is -2.44. The largest absolute Gasteiger partial charge is 0.375 e. The molecular weight excluding hydrogens is 450 g/mol. The van der Waals surface area contributed by atoms with Gasteiger partial charge in [-0.2, -0.15) is 0 Å². The molecule has 5 aromatic rings. The van der Waals surface area contributed by atoms with Crippen molar-refractivity contribution in [3.05, 3.63) is 89.3 Å². The molecule has 1 saturated heterocycles. The molecule has 1 aliphatic rings. The summed E-state index contributed by atoms with van der Waals surface area (Å²) in [5.74, 6) is 0.869. The molecule has 0 spiro atoms. The molecule has 0 radical (unpaired) electrons. The second-order valence-corrected chi connectivity index (χ2v) is 9.67. The predicted octanol–water partition coefficient (Wildman–Crippen LogP) is 5.98. The summed E-state index contributed by atoms with van der Waals surface area (Å²) in [7, 11) is 0. The highest BCUT2D eigenvalue weighted by molar-refractivity contribution is 6.11. The van der Waals surface area contributed by atoms with Crippen LogP contribution in [0, 0.1) is 13.8 Å². The van der Waals surface area contributed by atoms with Crippen LogP contribution in [0.25, 0.3) is 32.9 Å². The quantitative estimate of drug-likeness (QED) is 0.318. The summed E-state index contributed by atoms with van der Waals surface area (Å²) < 4.78 is 13.4. The number of carbonyl (C=O) groups excluding carboxylic acids is 1. The summed E-state index contributed by atoms with van der Waals surface area (Å²) in [6.45, 7) is 8.49. The molecule has 3 aromatic carbocycles. The molecule has 1 atom stereocenters. The first-order valence-electron chi connectivity index (χ1n) is 12.4. The Morgan fingerprint density at radius 3 is 2.58 bits per heavy atom. The van der Waals surface area contributed by atoms with E-state index in [1.165, 1.54) is 5.56 Å². The van der Waals surface area contributed by atoms with E-state index in [9.17, 15) is 4.79 Å². The number of aryl methyl sites for hydroxylation is 2. The minimum absolute atomic E-state index is 0.0574. The molecule has 0 unspecified atom stereocenters. The van der Waals surface area contributed by atoms with Crippen molar-refractivity contribution in [2.45, 2.75) is 33.4 Å². The Labute approximate surface area is 210 Å². The average Bonchev–Trinajstić information content (AvgIpc) is 3.39. The minimum Gasteiger partial charge on any atom is -0.375 e. The van der Waals surface area contributed by atoms with Gasteiger partial charge < -0.3 is 18.7 Å². The van der Waals surface area contributed by atoms with Crippen LogP contribution in [0.3, 0.4) is 0 Å². The van der Waals surface area contributed by atoms with Gasteiger partial charge >= 0.3 is 0 Å². The molecule has 1 amide bonds. The summed E-state index contributed by atoms with van der Waals surface area (Å²) in [6.07, 6.45) is 0.0574. The van der Waals surface area contributed by atoms with Crippen molar-refractivity contribution in [3.63, 3.8) is 0 Å². The zero-order valence-electron chi connectivity index (χ0n) is 20.8. The highest BCUT2D eigenvalue weighted by atomic mass is 16.5. The Hall–Kier alpha value is -3.90. The minimum atomic E-state index is 0.0574. The van der Waals surface area contributed by atoms with Crippen LogP contribution in [0.4, 0.5) is 0 Å². The number of nitrogens with zero attached hydrogens (tertiary/aromatic N) is 3. The normalized spacial score (nSPS) is 16.2. The van der Waals surface area contributed by atoms with E-state index in [1.54, 1.807) is 0 Å². The number of morpholine rings is 1. The van der Waals surface area contributed by atoms with E-state index in [0.717, 1.165) is 50.9 Å². The number of aromatic nitrogens is 2. The average molecular weight is 480 g/mol. The third kappa shape index (κ3) is 3.88. The van der Waals surface area contributed by atoms with Crippen LogP contribution < -0.4 is 0 Å². The Morgan fingerprint density at radius 1 is 1.00 bits per heavy atom. The number of ether oxygens (including phenoxy) is 1. The van der Waals surface area contributed by atoms with Gasteiger partial charge in [0.25, 0.3) is 5.91 Å². The van der Waals surface area contributed by atoms with Crippen molar-refractivity contribution in [2.24, 2.45) is 0 Å². The lowest BCUT2D eigenvalue weighted by Gasteiger charge is -2.31. The van der Waals surface area contributed by atoms with E-state index in [-0.39, 0.29) is 12.0 Å². The van der Waals surface area contributed by atoms with E-state index in [1.807, 2.05) is 37.8 Å². The smallest absolute Gasteiger partial charge is 0.254 e. The van der Waals surface area contributed by atoms with Crippen LogP contribution in [-0.4, -0.2) is 46.3 Å². The lowest BCUT2D eigenvalue weighted by atomic mass is 10.0. The summed E-state index contributed by atoms with van der Waals surface area (Å²) in [4.78, 5) is 15.3. The number of amides is 1. The van der Waals surface area contributed by atoms with Gasteiger partial charge in [0.15, 0.2) is 0 Å². The number of fused-ring (bicyclic) bond motifs is 3. The molecule has 0 saturated carbocycles. The lowest BCUT2D eigenvalue weighted by molar-refractivity contribution is -0.0124. The van der Waals surface area contributed by atoms with Crippen molar-refractivity contribution in [2.75, 3.05) is 19.7 Å². The van der Waals surface area contributed by atoms with Crippen LogP contribution in [0.15, 0.2) is 71.3 Å². The molecule has 6 rings (SSSR count). The van der Waals surface area contributed by atoms with Gasteiger partial charge in [0.1, 0.15) is 5.76 Å². The number of rotatable bonds is 4. The van der Waals surface area contributed by atoms with Gasteiger partial charge in [-0.05, 0) is 56.2 Å². The third-order valence-corrected chi connectivity index (χ3v) is 7.15. The van der Waals surface area contributed by atoms with E-state index >= 15 is 0 Å². The molecule has 0 aliphatic carbocycles. The molecule has 0 N–H and O–H groups in total. The van der Waals surface area contributed by atoms with Crippen LogP contribution in [0.2, 0.25) is 0 Å². The fraction of sp³-hybridized carbons (Fsp3) is 0.267. The molecular formula is C30H29N3O3. The topological polar surface area (TPSA) is 60.5 Å². The molecule has 3 heterocycles. The molecule has 1 aliphatic heterocycles. The summed E-state index contributed by atoms with van der Waals surface area (Å²) in [5, 5.41) is 6.36. The molecule has 2 aromatic heterocycles.